The Morgan fingerprint density at radius 1 is 0.769 bits per heavy atom. The molecule has 0 bridgehead atoms. The molecule has 0 radical (unpaired) electrons. The highest BCUT2D eigenvalue weighted by molar-refractivity contribution is 5.83. The van der Waals surface area contributed by atoms with Crippen LogP contribution in [0.4, 0.5) is 0 Å². The Kier molecular flexibility index (Phi) is 8.14. The fourth-order valence-electron chi connectivity index (χ4n) is 1.94. The van der Waals surface area contributed by atoms with Crippen LogP contribution in [-0.2, 0) is 9.59 Å². The normalized spacial score (nSPS) is 10.9. The Bertz CT molecular complexity index is 681. The summed E-state index contributed by atoms with van der Waals surface area (Å²) in [5, 5.41) is 7.74. The molecule has 0 aliphatic heterocycles. The summed E-state index contributed by atoms with van der Waals surface area (Å²) in [6.07, 6.45) is 11.5. The van der Waals surface area contributed by atoms with Gasteiger partial charge < -0.3 is 0 Å². The highest BCUT2D eigenvalue weighted by atomic mass is 16.2. The Balaban J connectivity index is 1.55. The predicted molar refractivity (Wildman–Crippen MR) is 98.4 cm³/mol. The van der Waals surface area contributed by atoms with Gasteiger partial charge in [0.1, 0.15) is 0 Å². The van der Waals surface area contributed by atoms with Gasteiger partial charge in [0, 0.05) is 37.6 Å². The summed E-state index contributed by atoms with van der Waals surface area (Å²) in [6.45, 7) is 0. The van der Waals surface area contributed by atoms with E-state index in [1.54, 1.807) is 61.5 Å². The Labute approximate surface area is 151 Å². The number of unbranched alkanes of at least 4 members (excludes halogenated alkanes) is 1. The number of hydrogen-bond acceptors (Lipinski definition) is 6. The van der Waals surface area contributed by atoms with E-state index in [-0.39, 0.29) is 11.8 Å². The zero-order valence-corrected chi connectivity index (χ0v) is 14.2. The van der Waals surface area contributed by atoms with Crippen LogP contribution in [0.5, 0.6) is 0 Å². The quantitative estimate of drug-likeness (QED) is 0.406. The van der Waals surface area contributed by atoms with Crippen LogP contribution in [0.25, 0.3) is 0 Å². The molecule has 0 fully saturated rings. The van der Waals surface area contributed by atoms with Gasteiger partial charge >= 0.3 is 0 Å². The third-order valence-electron chi connectivity index (χ3n) is 3.28. The summed E-state index contributed by atoms with van der Waals surface area (Å²) >= 11 is 0. The molecule has 0 unspecified atom stereocenters. The van der Waals surface area contributed by atoms with Crippen LogP contribution in [-0.4, -0.2) is 34.2 Å². The molecule has 2 aromatic rings. The second-order valence-electron chi connectivity index (χ2n) is 5.35. The number of carbonyl (C=O) groups is 2. The van der Waals surface area contributed by atoms with Crippen molar-refractivity contribution in [2.24, 2.45) is 10.2 Å². The van der Waals surface area contributed by atoms with Crippen molar-refractivity contribution in [2.45, 2.75) is 25.7 Å². The van der Waals surface area contributed by atoms with Crippen molar-refractivity contribution in [3.05, 3.63) is 60.2 Å². The number of amides is 2. The van der Waals surface area contributed by atoms with Gasteiger partial charge in [-0.3, -0.25) is 19.6 Å². The Hall–Kier alpha value is -3.42. The summed E-state index contributed by atoms with van der Waals surface area (Å²) in [5.74, 6) is -0.377. The number of aromatic nitrogens is 2. The van der Waals surface area contributed by atoms with E-state index in [4.69, 9.17) is 0 Å². The zero-order valence-electron chi connectivity index (χ0n) is 14.2. The van der Waals surface area contributed by atoms with E-state index in [0.717, 1.165) is 11.1 Å². The van der Waals surface area contributed by atoms with E-state index >= 15 is 0 Å². The van der Waals surface area contributed by atoms with E-state index < -0.39 is 0 Å². The lowest BCUT2D eigenvalue weighted by molar-refractivity contribution is -0.123. The largest absolute Gasteiger partial charge is 0.273 e. The molecule has 0 saturated carbocycles. The van der Waals surface area contributed by atoms with E-state index in [2.05, 4.69) is 31.0 Å². The van der Waals surface area contributed by atoms with Gasteiger partial charge in [0.15, 0.2) is 0 Å². The first-order valence-electron chi connectivity index (χ1n) is 8.18. The molecule has 2 rings (SSSR count). The number of carbonyl (C=O) groups excluding carboxylic acids is 2. The predicted octanol–water partition coefficient (Wildman–Crippen LogP) is 1.64. The molecule has 8 heteroatoms. The van der Waals surface area contributed by atoms with Crippen molar-refractivity contribution in [2.75, 3.05) is 0 Å². The van der Waals surface area contributed by atoms with E-state index in [1.807, 2.05) is 0 Å². The molecule has 2 heterocycles. The zero-order chi connectivity index (χ0) is 18.5. The molecule has 26 heavy (non-hydrogen) atoms. The van der Waals surface area contributed by atoms with Crippen LogP contribution in [0.1, 0.15) is 36.8 Å². The van der Waals surface area contributed by atoms with Gasteiger partial charge in [-0.15, -0.1) is 0 Å². The molecule has 2 aromatic heterocycles. The lowest BCUT2D eigenvalue weighted by Crippen LogP contribution is -2.19. The van der Waals surface area contributed by atoms with E-state index in [1.165, 1.54) is 0 Å². The van der Waals surface area contributed by atoms with Crippen molar-refractivity contribution in [3.8, 4) is 0 Å². The first-order chi connectivity index (χ1) is 12.7. The molecule has 2 amide bonds. The minimum Gasteiger partial charge on any atom is -0.273 e. The van der Waals surface area contributed by atoms with Crippen molar-refractivity contribution < 1.29 is 9.59 Å². The third-order valence-corrected chi connectivity index (χ3v) is 3.28. The van der Waals surface area contributed by atoms with Gasteiger partial charge in [-0.25, -0.2) is 10.9 Å². The molecule has 8 nitrogen and oxygen atoms in total. The third kappa shape index (κ3) is 7.91. The molecule has 134 valence electrons. The first kappa shape index (κ1) is 18.9. The van der Waals surface area contributed by atoms with E-state index in [9.17, 15) is 9.59 Å². The Morgan fingerprint density at radius 3 is 1.54 bits per heavy atom. The Morgan fingerprint density at radius 2 is 1.15 bits per heavy atom. The summed E-state index contributed by atoms with van der Waals surface area (Å²) in [6, 6.07) is 7.13. The molecular weight excluding hydrogens is 332 g/mol. The van der Waals surface area contributed by atoms with Gasteiger partial charge in [0.05, 0.1) is 12.4 Å². The van der Waals surface area contributed by atoms with Crippen LogP contribution >= 0.6 is 0 Å². The topological polar surface area (TPSA) is 109 Å². The van der Waals surface area contributed by atoms with Crippen LogP contribution in [0.2, 0.25) is 0 Å². The van der Waals surface area contributed by atoms with Gasteiger partial charge in [0.25, 0.3) is 0 Å². The number of rotatable bonds is 9. The highest BCUT2D eigenvalue weighted by Crippen LogP contribution is 2.00. The summed E-state index contributed by atoms with van der Waals surface area (Å²) in [4.78, 5) is 31.1. The molecule has 0 saturated heterocycles. The van der Waals surface area contributed by atoms with Crippen LogP contribution in [0.3, 0.4) is 0 Å². The standard InChI is InChI=1S/C18H20N6O2/c25-17(23-21-13-15-5-9-19-10-6-15)3-1-2-4-18(26)24-22-14-16-7-11-20-12-8-16/h5-14H,1-4H2,(H,23,25)(H,24,26)/b21-13-,22-14+. The lowest BCUT2D eigenvalue weighted by Gasteiger charge is -2.01. The van der Waals surface area contributed by atoms with Crippen LogP contribution < -0.4 is 10.9 Å². The number of hydrazone groups is 2. The van der Waals surface area contributed by atoms with Crippen molar-refractivity contribution >= 4 is 24.2 Å². The summed E-state index contributed by atoms with van der Waals surface area (Å²) in [5.41, 5.74) is 6.61. The van der Waals surface area contributed by atoms with Crippen molar-refractivity contribution in [1.82, 2.24) is 20.8 Å². The van der Waals surface area contributed by atoms with Gasteiger partial charge in [-0.05, 0) is 48.2 Å². The monoisotopic (exact) mass is 352 g/mol. The van der Waals surface area contributed by atoms with Crippen molar-refractivity contribution in [1.29, 1.82) is 0 Å². The lowest BCUT2D eigenvalue weighted by atomic mass is 10.2. The van der Waals surface area contributed by atoms with Gasteiger partial charge in [-0.1, -0.05) is 0 Å². The first-order valence-corrected chi connectivity index (χ1v) is 8.18. The minimum absolute atomic E-state index is 0.188. The molecule has 2 N–H and O–H groups in total. The van der Waals surface area contributed by atoms with Crippen LogP contribution in [0.15, 0.2) is 59.3 Å². The van der Waals surface area contributed by atoms with Crippen LogP contribution in [0, 0.1) is 0 Å². The maximum Gasteiger partial charge on any atom is 0.240 e. The molecule has 0 spiro atoms. The number of pyridine rings is 2. The molecule has 0 aromatic carbocycles. The summed E-state index contributed by atoms with van der Waals surface area (Å²) in [7, 11) is 0. The second kappa shape index (κ2) is 11.2. The number of nitrogens with one attached hydrogen (secondary N) is 2. The average molecular weight is 352 g/mol. The molecule has 0 atom stereocenters. The SMILES string of the molecule is O=C(CCCCC(=O)N/N=C/c1ccncc1)N/N=C\c1ccncc1. The maximum atomic E-state index is 11.6. The van der Waals surface area contributed by atoms with Gasteiger partial charge in [0.2, 0.25) is 11.8 Å². The molecular formula is C18H20N6O2. The fourth-order valence-corrected chi connectivity index (χ4v) is 1.94. The molecule has 0 aliphatic rings. The number of nitrogens with zero attached hydrogens (tertiary/aromatic N) is 4. The maximum absolute atomic E-state index is 11.6. The minimum atomic E-state index is -0.188. The highest BCUT2D eigenvalue weighted by Gasteiger charge is 2.02. The number of hydrogen-bond donors (Lipinski definition) is 2. The average Bonchev–Trinajstić information content (AvgIpc) is 2.67. The summed E-state index contributed by atoms with van der Waals surface area (Å²) < 4.78 is 0. The van der Waals surface area contributed by atoms with Gasteiger partial charge in [-0.2, -0.15) is 10.2 Å². The molecule has 0 aliphatic carbocycles. The van der Waals surface area contributed by atoms with Crippen molar-refractivity contribution in [3.63, 3.8) is 0 Å². The fraction of sp³-hybridized carbons (Fsp3) is 0.222. The van der Waals surface area contributed by atoms with E-state index in [0.29, 0.717) is 25.7 Å². The smallest absolute Gasteiger partial charge is 0.240 e. The second-order valence-corrected chi connectivity index (χ2v) is 5.35.